The summed E-state index contributed by atoms with van der Waals surface area (Å²) in [7, 11) is 0. The highest BCUT2D eigenvalue weighted by atomic mass is 32.1. The zero-order valence-electron chi connectivity index (χ0n) is 18.0. The van der Waals surface area contributed by atoms with E-state index in [0.29, 0.717) is 25.8 Å². The first kappa shape index (κ1) is 22.3. The molecule has 1 saturated heterocycles. The van der Waals surface area contributed by atoms with Crippen molar-refractivity contribution in [1.82, 2.24) is 15.2 Å². The predicted molar refractivity (Wildman–Crippen MR) is 118 cm³/mol. The number of amides is 2. The monoisotopic (exact) mass is 429 g/mol. The van der Waals surface area contributed by atoms with Gasteiger partial charge >= 0.3 is 6.09 Å². The van der Waals surface area contributed by atoms with Gasteiger partial charge in [-0.05, 0) is 52.0 Å². The van der Waals surface area contributed by atoms with E-state index in [1.54, 1.807) is 22.4 Å². The van der Waals surface area contributed by atoms with Gasteiger partial charge in [-0.25, -0.2) is 9.78 Å². The molecule has 1 aromatic carbocycles. The van der Waals surface area contributed by atoms with Gasteiger partial charge in [0.2, 0.25) is 5.91 Å². The lowest BCUT2D eigenvalue weighted by atomic mass is 10.1. The molecule has 6 nitrogen and oxygen atoms in total. The van der Waals surface area contributed by atoms with Crippen molar-refractivity contribution in [3.8, 4) is 0 Å². The molecule has 0 bridgehead atoms. The lowest BCUT2D eigenvalue weighted by molar-refractivity contribution is -0.122. The molecule has 1 fully saturated rings. The average Bonchev–Trinajstić information content (AvgIpc) is 3.37. The second kappa shape index (κ2) is 10.1. The highest BCUT2D eigenvalue weighted by Gasteiger charge is 2.32. The number of rotatable bonds is 7. The number of nitrogens with one attached hydrogen (secondary N) is 1. The third-order valence-electron chi connectivity index (χ3n) is 5.08. The Balaban J connectivity index is 1.55. The second-order valence-corrected chi connectivity index (χ2v) is 9.61. The molecule has 0 saturated carbocycles. The van der Waals surface area contributed by atoms with Crippen LogP contribution in [-0.2, 0) is 16.0 Å². The van der Waals surface area contributed by atoms with Crippen LogP contribution in [0.15, 0.2) is 41.9 Å². The maximum atomic E-state index is 12.7. The third kappa shape index (κ3) is 6.55. The standard InChI is InChI=1S/C23H31N3O3S/c1-23(2,3)29-22(28)26-14-7-10-18(26)11-12-20(27)25-19(21-24-13-15-30-21)16-17-8-5-4-6-9-17/h4-6,8-9,13,15,18-19H,7,10-12,14,16H2,1-3H3,(H,25,27)/t18-,19-/m0/s1. The fourth-order valence-corrected chi connectivity index (χ4v) is 4.41. The van der Waals surface area contributed by atoms with E-state index in [1.165, 1.54) is 0 Å². The van der Waals surface area contributed by atoms with Gasteiger partial charge in [-0.3, -0.25) is 4.79 Å². The molecule has 2 amide bonds. The first-order chi connectivity index (χ1) is 14.3. The molecular weight excluding hydrogens is 398 g/mol. The van der Waals surface area contributed by atoms with E-state index in [0.717, 1.165) is 23.4 Å². The van der Waals surface area contributed by atoms with Crippen LogP contribution in [0.2, 0.25) is 0 Å². The number of hydrogen-bond acceptors (Lipinski definition) is 5. The Labute approximate surface area is 182 Å². The van der Waals surface area contributed by atoms with Gasteiger partial charge in [-0.1, -0.05) is 30.3 Å². The van der Waals surface area contributed by atoms with Gasteiger partial charge in [-0.15, -0.1) is 11.3 Å². The van der Waals surface area contributed by atoms with Crippen molar-refractivity contribution in [2.75, 3.05) is 6.54 Å². The van der Waals surface area contributed by atoms with Gasteiger partial charge in [0.15, 0.2) is 0 Å². The minimum absolute atomic E-state index is 0.0119. The molecule has 0 spiro atoms. The lowest BCUT2D eigenvalue weighted by Gasteiger charge is -2.28. The van der Waals surface area contributed by atoms with Crippen LogP contribution in [0, 0.1) is 0 Å². The normalized spacial score (nSPS) is 17.6. The highest BCUT2D eigenvalue weighted by Crippen LogP contribution is 2.25. The molecule has 1 aromatic heterocycles. The summed E-state index contributed by atoms with van der Waals surface area (Å²) in [6.07, 6.45) is 5.06. The Bertz CT molecular complexity index is 818. The minimum Gasteiger partial charge on any atom is -0.444 e. The van der Waals surface area contributed by atoms with Crippen LogP contribution in [0.5, 0.6) is 0 Å². The summed E-state index contributed by atoms with van der Waals surface area (Å²) in [5.74, 6) is -0.0119. The van der Waals surface area contributed by atoms with E-state index in [4.69, 9.17) is 4.74 Å². The number of thiazole rings is 1. The molecule has 30 heavy (non-hydrogen) atoms. The average molecular weight is 430 g/mol. The number of carbonyl (C=O) groups excluding carboxylic acids is 2. The fraction of sp³-hybridized carbons (Fsp3) is 0.522. The van der Waals surface area contributed by atoms with E-state index in [-0.39, 0.29) is 24.1 Å². The van der Waals surface area contributed by atoms with Crippen LogP contribution in [0.25, 0.3) is 0 Å². The molecule has 1 N–H and O–H groups in total. The number of aromatic nitrogens is 1. The topological polar surface area (TPSA) is 71.5 Å². The number of benzene rings is 1. The first-order valence-corrected chi connectivity index (χ1v) is 11.4. The lowest BCUT2D eigenvalue weighted by Crippen LogP contribution is -2.40. The Hall–Kier alpha value is -2.41. The Kier molecular flexibility index (Phi) is 7.48. The quantitative estimate of drug-likeness (QED) is 0.691. The molecule has 162 valence electrons. The summed E-state index contributed by atoms with van der Waals surface area (Å²) in [5, 5.41) is 5.98. The smallest absolute Gasteiger partial charge is 0.410 e. The van der Waals surface area contributed by atoms with E-state index in [1.807, 2.05) is 44.4 Å². The summed E-state index contributed by atoms with van der Waals surface area (Å²) in [6, 6.07) is 10.0. The maximum absolute atomic E-state index is 12.7. The molecule has 0 unspecified atom stereocenters. The molecule has 0 aliphatic carbocycles. The number of hydrogen-bond donors (Lipinski definition) is 1. The number of carbonyl (C=O) groups is 2. The summed E-state index contributed by atoms with van der Waals surface area (Å²) < 4.78 is 5.52. The Morgan fingerprint density at radius 1 is 1.30 bits per heavy atom. The van der Waals surface area contributed by atoms with Crippen molar-refractivity contribution in [2.24, 2.45) is 0 Å². The maximum Gasteiger partial charge on any atom is 0.410 e. The molecule has 3 rings (SSSR count). The van der Waals surface area contributed by atoms with Gasteiger partial charge in [0.05, 0.1) is 6.04 Å². The molecule has 0 radical (unpaired) electrons. The SMILES string of the molecule is CC(C)(C)OC(=O)N1CCC[C@H]1CCC(=O)N[C@@H](Cc1ccccc1)c1nccs1. The molecule has 2 heterocycles. The molecular formula is C23H31N3O3S. The van der Waals surface area contributed by atoms with Gasteiger partial charge in [-0.2, -0.15) is 0 Å². The predicted octanol–water partition coefficient (Wildman–Crippen LogP) is 4.72. The molecule has 1 aliphatic heterocycles. The van der Waals surface area contributed by atoms with Gasteiger partial charge < -0.3 is 15.0 Å². The van der Waals surface area contributed by atoms with Crippen molar-refractivity contribution in [3.63, 3.8) is 0 Å². The number of ether oxygens (including phenoxy) is 1. The largest absolute Gasteiger partial charge is 0.444 e. The third-order valence-corrected chi connectivity index (χ3v) is 5.97. The molecule has 1 aliphatic rings. The van der Waals surface area contributed by atoms with Crippen LogP contribution in [0.4, 0.5) is 4.79 Å². The van der Waals surface area contributed by atoms with E-state index in [2.05, 4.69) is 22.4 Å². The Morgan fingerprint density at radius 3 is 2.73 bits per heavy atom. The van der Waals surface area contributed by atoms with E-state index >= 15 is 0 Å². The van der Waals surface area contributed by atoms with Gasteiger partial charge in [0.1, 0.15) is 10.6 Å². The van der Waals surface area contributed by atoms with Gasteiger partial charge in [0.25, 0.3) is 0 Å². The number of nitrogens with zero attached hydrogens (tertiary/aromatic N) is 2. The summed E-state index contributed by atoms with van der Waals surface area (Å²) >= 11 is 1.55. The zero-order chi connectivity index (χ0) is 21.6. The second-order valence-electron chi connectivity index (χ2n) is 8.69. The van der Waals surface area contributed by atoms with E-state index in [9.17, 15) is 9.59 Å². The molecule has 2 aromatic rings. The van der Waals surface area contributed by atoms with Crippen LogP contribution in [0.3, 0.4) is 0 Å². The van der Waals surface area contributed by atoms with E-state index < -0.39 is 5.60 Å². The first-order valence-electron chi connectivity index (χ1n) is 10.5. The van der Waals surface area contributed by atoms with Crippen molar-refractivity contribution in [3.05, 3.63) is 52.5 Å². The number of likely N-dealkylation sites (tertiary alicyclic amines) is 1. The van der Waals surface area contributed by atoms with Crippen molar-refractivity contribution in [2.45, 2.75) is 70.6 Å². The summed E-state index contributed by atoms with van der Waals surface area (Å²) in [6.45, 7) is 6.30. The molecule has 2 atom stereocenters. The van der Waals surface area contributed by atoms with Crippen LogP contribution < -0.4 is 5.32 Å². The van der Waals surface area contributed by atoms with Gasteiger partial charge in [0, 0.05) is 30.6 Å². The van der Waals surface area contributed by atoms with Crippen molar-refractivity contribution in [1.29, 1.82) is 0 Å². The van der Waals surface area contributed by atoms with Crippen molar-refractivity contribution >= 4 is 23.3 Å². The zero-order valence-corrected chi connectivity index (χ0v) is 18.8. The highest BCUT2D eigenvalue weighted by molar-refractivity contribution is 7.09. The minimum atomic E-state index is -0.514. The van der Waals surface area contributed by atoms with Crippen LogP contribution >= 0.6 is 11.3 Å². The summed E-state index contributed by atoms with van der Waals surface area (Å²) in [5.41, 5.74) is 0.643. The fourth-order valence-electron chi connectivity index (χ4n) is 3.72. The van der Waals surface area contributed by atoms with Crippen LogP contribution in [-0.4, -0.2) is 40.1 Å². The van der Waals surface area contributed by atoms with Crippen LogP contribution in [0.1, 0.15) is 63.1 Å². The Morgan fingerprint density at radius 2 is 2.07 bits per heavy atom. The summed E-state index contributed by atoms with van der Waals surface area (Å²) in [4.78, 5) is 31.4. The molecule has 7 heteroatoms. The van der Waals surface area contributed by atoms with Crippen molar-refractivity contribution < 1.29 is 14.3 Å².